The lowest BCUT2D eigenvalue weighted by Gasteiger charge is -2.24. The molecule has 0 saturated heterocycles. The van der Waals surface area contributed by atoms with Crippen LogP contribution in [0.2, 0.25) is 0 Å². The van der Waals surface area contributed by atoms with Gasteiger partial charge in [0, 0.05) is 9.64 Å². The summed E-state index contributed by atoms with van der Waals surface area (Å²) in [5.41, 5.74) is 1.93. The van der Waals surface area contributed by atoms with Gasteiger partial charge in [-0.05, 0) is 31.5 Å². The fourth-order valence-corrected chi connectivity index (χ4v) is 2.92. The van der Waals surface area contributed by atoms with Gasteiger partial charge < -0.3 is 0 Å². The minimum atomic E-state index is 0.00190. The van der Waals surface area contributed by atoms with Crippen molar-refractivity contribution < 1.29 is 0 Å². The molecule has 18 heavy (non-hydrogen) atoms. The zero-order chi connectivity index (χ0) is 13.0. The molecule has 0 radical (unpaired) electrons. The van der Waals surface area contributed by atoms with Crippen molar-refractivity contribution in [2.45, 2.75) is 23.5 Å². The van der Waals surface area contributed by atoms with Crippen molar-refractivity contribution in [2.24, 2.45) is 0 Å². The number of rotatable bonds is 3. The van der Waals surface area contributed by atoms with Gasteiger partial charge in [0.05, 0.1) is 6.57 Å². The Labute approximate surface area is 113 Å². The summed E-state index contributed by atoms with van der Waals surface area (Å²) in [6, 6.07) is 18.3. The van der Waals surface area contributed by atoms with Crippen LogP contribution in [0.15, 0.2) is 59.5 Å². The Morgan fingerprint density at radius 1 is 0.944 bits per heavy atom. The fourth-order valence-electron chi connectivity index (χ4n) is 1.78. The van der Waals surface area contributed by atoms with Crippen LogP contribution in [0.5, 0.6) is 0 Å². The van der Waals surface area contributed by atoms with E-state index in [0.29, 0.717) is 5.69 Å². The van der Waals surface area contributed by atoms with E-state index in [0.717, 1.165) is 0 Å². The topological polar surface area (TPSA) is 4.36 Å². The lowest BCUT2D eigenvalue weighted by Crippen LogP contribution is -2.11. The predicted molar refractivity (Wildman–Crippen MR) is 78.0 cm³/mol. The smallest absolute Gasteiger partial charge is 0.187 e. The second kappa shape index (κ2) is 5.29. The lowest BCUT2D eigenvalue weighted by atomic mass is 10.0. The molecule has 90 valence electrons. The average Bonchev–Trinajstić information content (AvgIpc) is 2.39. The molecular formula is C16H15NS. The predicted octanol–water partition coefficient (Wildman–Crippen LogP) is 5.26. The molecule has 0 spiro atoms. The van der Waals surface area contributed by atoms with Crippen molar-refractivity contribution in [3.05, 3.63) is 71.6 Å². The molecule has 1 nitrogen and oxygen atoms in total. The number of benzene rings is 2. The fraction of sp³-hybridized carbons (Fsp3) is 0.188. The molecule has 2 aromatic carbocycles. The molecule has 2 heteroatoms. The minimum Gasteiger partial charge on any atom is -0.238 e. The molecule has 0 amide bonds. The summed E-state index contributed by atoms with van der Waals surface area (Å²) in [5.74, 6) is 0. The van der Waals surface area contributed by atoms with E-state index >= 15 is 0 Å². The first kappa shape index (κ1) is 12.7. The number of thioether (sulfide) groups is 1. The first-order valence-corrected chi connectivity index (χ1v) is 6.65. The van der Waals surface area contributed by atoms with Crippen molar-refractivity contribution in [1.82, 2.24) is 0 Å². The maximum atomic E-state index is 6.97. The largest absolute Gasteiger partial charge is 0.238 e. The van der Waals surface area contributed by atoms with Gasteiger partial charge in [0.2, 0.25) is 0 Å². The SMILES string of the molecule is [C-]#[N+]c1ccc(C(C)(C)Sc2ccccc2)cc1. The molecule has 0 aliphatic carbocycles. The molecule has 2 aromatic rings. The van der Waals surface area contributed by atoms with Crippen molar-refractivity contribution in [1.29, 1.82) is 0 Å². The summed E-state index contributed by atoms with van der Waals surface area (Å²) in [5, 5.41) is 0. The van der Waals surface area contributed by atoms with E-state index in [-0.39, 0.29) is 4.75 Å². The highest BCUT2D eigenvalue weighted by atomic mass is 32.2. The van der Waals surface area contributed by atoms with Crippen LogP contribution in [-0.4, -0.2) is 0 Å². The summed E-state index contributed by atoms with van der Waals surface area (Å²) >= 11 is 1.83. The molecule has 0 unspecified atom stereocenters. The Kier molecular flexibility index (Phi) is 3.74. The maximum absolute atomic E-state index is 6.97. The minimum absolute atomic E-state index is 0.00190. The molecular weight excluding hydrogens is 238 g/mol. The molecule has 0 fully saturated rings. The zero-order valence-electron chi connectivity index (χ0n) is 10.6. The molecule has 2 rings (SSSR count). The summed E-state index contributed by atoms with van der Waals surface area (Å²) in [4.78, 5) is 4.68. The van der Waals surface area contributed by atoms with Gasteiger partial charge >= 0.3 is 0 Å². The van der Waals surface area contributed by atoms with E-state index in [1.807, 2.05) is 42.1 Å². The van der Waals surface area contributed by atoms with E-state index in [1.165, 1.54) is 10.5 Å². The number of hydrogen-bond donors (Lipinski definition) is 0. The zero-order valence-corrected chi connectivity index (χ0v) is 11.4. The van der Waals surface area contributed by atoms with Gasteiger partial charge in [-0.3, -0.25) is 0 Å². The lowest BCUT2D eigenvalue weighted by molar-refractivity contribution is 0.782. The standard InChI is InChI=1S/C16H15NS/c1-16(2,18-15-7-5-4-6-8-15)13-9-11-14(17-3)12-10-13/h4-12H,1-2H3. The van der Waals surface area contributed by atoms with Crippen LogP contribution in [-0.2, 0) is 4.75 Å². The molecule has 0 aliphatic rings. The van der Waals surface area contributed by atoms with Gasteiger partial charge in [-0.25, -0.2) is 4.85 Å². The maximum Gasteiger partial charge on any atom is 0.187 e. The second-order valence-corrected chi connectivity index (χ2v) is 6.28. The van der Waals surface area contributed by atoms with Gasteiger partial charge in [0.1, 0.15) is 0 Å². The van der Waals surface area contributed by atoms with E-state index in [9.17, 15) is 0 Å². The molecule has 0 N–H and O–H groups in total. The second-order valence-electron chi connectivity index (χ2n) is 4.58. The van der Waals surface area contributed by atoms with Crippen molar-refractivity contribution in [2.75, 3.05) is 0 Å². The molecule has 0 heterocycles. The van der Waals surface area contributed by atoms with Crippen LogP contribution < -0.4 is 0 Å². The normalized spacial score (nSPS) is 10.9. The molecule has 0 aliphatic heterocycles. The Hall–Kier alpha value is -1.72. The van der Waals surface area contributed by atoms with Crippen molar-refractivity contribution in [3.8, 4) is 0 Å². The monoisotopic (exact) mass is 253 g/mol. The van der Waals surface area contributed by atoms with E-state index < -0.39 is 0 Å². The van der Waals surface area contributed by atoms with Gasteiger partial charge in [-0.15, -0.1) is 11.8 Å². The highest BCUT2D eigenvalue weighted by molar-refractivity contribution is 8.00. The molecule has 0 bridgehead atoms. The summed E-state index contributed by atoms with van der Waals surface area (Å²) in [7, 11) is 0. The quantitative estimate of drug-likeness (QED) is 0.533. The van der Waals surface area contributed by atoms with Crippen LogP contribution in [0.1, 0.15) is 19.4 Å². The van der Waals surface area contributed by atoms with Crippen molar-refractivity contribution in [3.63, 3.8) is 0 Å². The van der Waals surface area contributed by atoms with Crippen LogP contribution in [0.25, 0.3) is 4.85 Å². The third-order valence-electron chi connectivity index (χ3n) is 2.81. The first-order valence-electron chi connectivity index (χ1n) is 5.84. The van der Waals surface area contributed by atoms with Crippen molar-refractivity contribution >= 4 is 17.4 Å². The summed E-state index contributed by atoms with van der Waals surface area (Å²) in [6.07, 6.45) is 0. The highest BCUT2D eigenvalue weighted by Gasteiger charge is 2.21. The summed E-state index contributed by atoms with van der Waals surface area (Å²) < 4.78 is 0.00190. The third-order valence-corrected chi connectivity index (χ3v) is 4.06. The van der Waals surface area contributed by atoms with Gasteiger partial charge in [-0.1, -0.05) is 42.5 Å². The Morgan fingerprint density at radius 2 is 1.56 bits per heavy atom. The Morgan fingerprint density at radius 3 is 2.11 bits per heavy atom. The number of nitrogens with zero attached hydrogens (tertiary/aromatic N) is 1. The number of hydrogen-bond acceptors (Lipinski definition) is 1. The van der Waals surface area contributed by atoms with Crippen LogP contribution in [0.3, 0.4) is 0 Å². The molecule has 0 atom stereocenters. The van der Waals surface area contributed by atoms with Crippen LogP contribution in [0, 0.1) is 6.57 Å². The Bertz CT molecular complexity index is 550. The molecule has 0 aromatic heterocycles. The first-order chi connectivity index (χ1) is 8.62. The Balaban J connectivity index is 2.22. The van der Waals surface area contributed by atoms with Gasteiger partial charge in [0.15, 0.2) is 5.69 Å². The van der Waals surface area contributed by atoms with Crippen LogP contribution in [0.4, 0.5) is 5.69 Å². The van der Waals surface area contributed by atoms with E-state index in [4.69, 9.17) is 6.57 Å². The average molecular weight is 253 g/mol. The molecule has 0 saturated carbocycles. The third kappa shape index (κ3) is 2.94. The van der Waals surface area contributed by atoms with Crippen LogP contribution >= 0.6 is 11.8 Å². The van der Waals surface area contributed by atoms with E-state index in [1.54, 1.807) is 0 Å². The highest BCUT2D eigenvalue weighted by Crippen LogP contribution is 2.40. The van der Waals surface area contributed by atoms with Gasteiger partial charge in [0.25, 0.3) is 0 Å². The summed E-state index contributed by atoms with van der Waals surface area (Å²) in [6.45, 7) is 11.4. The van der Waals surface area contributed by atoms with Gasteiger partial charge in [-0.2, -0.15) is 0 Å². The van der Waals surface area contributed by atoms with E-state index in [2.05, 4.69) is 43.0 Å².